The second kappa shape index (κ2) is 5.79. The molecule has 0 spiro atoms. The maximum atomic E-state index is 12.5. The molecule has 2 unspecified atom stereocenters. The van der Waals surface area contributed by atoms with Crippen LogP contribution in [0.15, 0.2) is 18.2 Å². The molecule has 6 heteroatoms. The van der Waals surface area contributed by atoms with Crippen molar-refractivity contribution in [1.82, 2.24) is 4.90 Å². The van der Waals surface area contributed by atoms with Gasteiger partial charge in [0.05, 0.1) is 4.92 Å². The monoisotopic (exact) mass is 296 g/mol. The van der Waals surface area contributed by atoms with Gasteiger partial charge < -0.3 is 4.90 Å². The zero-order valence-corrected chi connectivity index (χ0v) is 12.3. The zero-order chi connectivity index (χ0) is 14.9. The van der Waals surface area contributed by atoms with E-state index in [0.717, 1.165) is 12.8 Å². The lowest BCUT2D eigenvalue weighted by atomic mass is 9.94. The van der Waals surface area contributed by atoms with Gasteiger partial charge in [-0.2, -0.15) is 0 Å². The molecule has 5 nitrogen and oxygen atoms in total. The molecular weight excluding hydrogens is 280 g/mol. The second-order valence-corrected chi connectivity index (χ2v) is 5.82. The van der Waals surface area contributed by atoms with Crippen LogP contribution in [0.25, 0.3) is 0 Å². The number of nitrogens with zero attached hydrogens (tertiary/aromatic N) is 2. The molecule has 0 aromatic heterocycles. The zero-order valence-electron chi connectivity index (χ0n) is 11.5. The molecular formula is C14H17ClN2O3. The van der Waals surface area contributed by atoms with E-state index >= 15 is 0 Å². The summed E-state index contributed by atoms with van der Waals surface area (Å²) in [6.45, 7) is 4.81. The van der Waals surface area contributed by atoms with E-state index in [2.05, 4.69) is 6.92 Å². The summed E-state index contributed by atoms with van der Waals surface area (Å²) in [6, 6.07) is 4.37. The average molecular weight is 297 g/mol. The number of hydrogen-bond acceptors (Lipinski definition) is 3. The highest BCUT2D eigenvalue weighted by Gasteiger charge is 2.28. The average Bonchev–Trinajstić information content (AvgIpc) is 2.41. The standard InChI is InChI=1S/C14H17ClN2O3/c1-9-3-4-10(2)16(8-9)14(18)11-5-6-12(15)13(7-11)17(19)20/h5-7,9-10H,3-4,8H2,1-2H3. The number of amides is 1. The van der Waals surface area contributed by atoms with Gasteiger partial charge in [0.15, 0.2) is 0 Å². The van der Waals surface area contributed by atoms with Gasteiger partial charge in [0.25, 0.3) is 11.6 Å². The highest BCUT2D eigenvalue weighted by molar-refractivity contribution is 6.32. The highest BCUT2D eigenvalue weighted by atomic mass is 35.5. The molecule has 108 valence electrons. The van der Waals surface area contributed by atoms with Crippen LogP contribution in [-0.2, 0) is 0 Å². The van der Waals surface area contributed by atoms with Crippen molar-refractivity contribution in [3.05, 3.63) is 38.9 Å². The Hall–Kier alpha value is -1.62. The van der Waals surface area contributed by atoms with Crippen LogP contribution in [-0.4, -0.2) is 28.3 Å². The predicted octanol–water partition coefficient (Wildman–Crippen LogP) is 3.51. The first-order chi connectivity index (χ1) is 9.40. The first kappa shape index (κ1) is 14.8. The lowest BCUT2D eigenvalue weighted by Gasteiger charge is -2.36. The summed E-state index contributed by atoms with van der Waals surface area (Å²) in [5.41, 5.74) is 0.0947. The minimum Gasteiger partial charge on any atom is -0.336 e. The van der Waals surface area contributed by atoms with Crippen molar-refractivity contribution in [2.75, 3.05) is 6.54 Å². The van der Waals surface area contributed by atoms with Crippen molar-refractivity contribution >= 4 is 23.2 Å². The van der Waals surface area contributed by atoms with E-state index in [-0.39, 0.29) is 22.7 Å². The second-order valence-electron chi connectivity index (χ2n) is 5.41. The van der Waals surface area contributed by atoms with Crippen LogP contribution in [0.5, 0.6) is 0 Å². The van der Waals surface area contributed by atoms with E-state index in [4.69, 9.17) is 11.6 Å². The van der Waals surface area contributed by atoms with Gasteiger partial charge in [0, 0.05) is 24.2 Å². The number of rotatable bonds is 2. The van der Waals surface area contributed by atoms with Gasteiger partial charge in [-0.15, -0.1) is 0 Å². The third-order valence-electron chi connectivity index (χ3n) is 3.77. The van der Waals surface area contributed by atoms with Crippen molar-refractivity contribution in [3.63, 3.8) is 0 Å². The highest BCUT2D eigenvalue weighted by Crippen LogP contribution is 2.28. The lowest BCUT2D eigenvalue weighted by molar-refractivity contribution is -0.384. The van der Waals surface area contributed by atoms with Crippen LogP contribution in [0, 0.1) is 16.0 Å². The van der Waals surface area contributed by atoms with Crippen molar-refractivity contribution in [2.24, 2.45) is 5.92 Å². The quantitative estimate of drug-likeness (QED) is 0.619. The molecule has 1 aromatic carbocycles. The van der Waals surface area contributed by atoms with Crippen LogP contribution in [0.2, 0.25) is 5.02 Å². The summed E-state index contributed by atoms with van der Waals surface area (Å²) in [5.74, 6) is 0.293. The SMILES string of the molecule is CC1CCC(C)N(C(=O)c2ccc(Cl)c([N+](=O)[O-])c2)C1. The Balaban J connectivity index is 2.29. The molecule has 1 aliphatic rings. The van der Waals surface area contributed by atoms with Crippen LogP contribution >= 0.6 is 11.6 Å². The molecule has 1 fully saturated rings. The molecule has 0 saturated carbocycles. The predicted molar refractivity (Wildman–Crippen MR) is 77.0 cm³/mol. The summed E-state index contributed by atoms with van der Waals surface area (Å²) in [7, 11) is 0. The maximum absolute atomic E-state index is 12.5. The van der Waals surface area contributed by atoms with Crippen molar-refractivity contribution in [2.45, 2.75) is 32.7 Å². The largest absolute Gasteiger partial charge is 0.336 e. The number of likely N-dealkylation sites (tertiary alicyclic amines) is 1. The number of hydrogen-bond donors (Lipinski definition) is 0. The third kappa shape index (κ3) is 2.93. The molecule has 20 heavy (non-hydrogen) atoms. The van der Waals surface area contributed by atoms with E-state index in [1.807, 2.05) is 6.92 Å². The number of carbonyl (C=O) groups excluding carboxylic acids is 1. The summed E-state index contributed by atoms with van der Waals surface area (Å²) in [4.78, 5) is 24.6. The van der Waals surface area contributed by atoms with E-state index in [1.54, 1.807) is 11.0 Å². The number of carbonyl (C=O) groups is 1. The Morgan fingerprint density at radius 1 is 1.40 bits per heavy atom. The Kier molecular flexibility index (Phi) is 4.28. The molecule has 2 rings (SSSR count). The first-order valence-corrected chi connectivity index (χ1v) is 7.03. The summed E-state index contributed by atoms with van der Waals surface area (Å²) >= 11 is 5.77. The van der Waals surface area contributed by atoms with Gasteiger partial charge >= 0.3 is 0 Å². The normalized spacial score (nSPS) is 22.6. The van der Waals surface area contributed by atoms with E-state index in [0.29, 0.717) is 18.0 Å². The molecule has 1 aromatic rings. The lowest BCUT2D eigenvalue weighted by Crippen LogP contribution is -2.44. The molecule has 0 radical (unpaired) electrons. The van der Waals surface area contributed by atoms with Crippen molar-refractivity contribution in [1.29, 1.82) is 0 Å². The minimum atomic E-state index is -0.568. The Labute approximate surface area is 122 Å². The fourth-order valence-electron chi connectivity index (χ4n) is 2.52. The molecule has 1 heterocycles. The number of nitro groups is 1. The van der Waals surface area contributed by atoms with E-state index in [1.165, 1.54) is 12.1 Å². The third-order valence-corrected chi connectivity index (χ3v) is 4.09. The number of piperidine rings is 1. The molecule has 1 aliphatic heterocycles. The Bertz CT molecular complexity index is 547. The van der Waals surface area contributed by atoms with Gasteiger partial charge in [0.2, 0.25) is 0 Å². The Morgan fingerprint density at radius 3 is 2.75 bits per heavy atom. The Morgan fingerprint density at radius 2 is 2.10 bits per heavy atom. The fraction of sp³-hybridized carbons (Fsp3) is 0.500. The van der Waals surface area contributed by atoms with Crippen LogP contribution in [0.4, 0.5) is 5.69 Å². The van der Waals surface area contributed by atoms with Gasteiger partial charge in [-0.25, -0.2) is 0 Å². The number of benzene rings is 1. The molecule has 0 aliphatic carbocycles. The van der Waals surface area contributed by atoms with E-state index in [9.17, 15) is 14.9 Å². The fourth-order valence-corrected chi connectivity index (χ4v) is 2.71. The van der Waals surface area contributed by atoms with Crippen molar-refractivity contribution in [3.8, 4) is 0 Å². The van der Waals surface area contributed by atoms with Gasteiger partial charge in [-0.05, 0) is 37.8 Å². The molecule has 1 amide bonds. The van der Waals surface area contributed by atoms with Crippen molar-refractivity contribution < 1.29 is 9.72 Å². The van der Waals surface area contributed by atoms with E-state index < -0.39 is 4.92 Å². The summed E-state index contributed by atoms with van der Waals surface area (Å²) in [6.07, 6.45) is 2.06. The van der Waals surface area contributed by atoms with Gasteiger partial charge in [-0.1, -0.05) is 18.5 Å². The number of nitro benzene ring substituents is 1. The smallest absolute Gasteiger partial charge is 0.288 e. The summed E-state index contributed by atoms with van der Waals surface area (Å²) in [5, 5.41) is 10.9. The number of halogens is 1. The van der Waals surface area contributed by atoms with Gasteiger partial charge in [-0.3, -0.25) is 14.9 Å². The molecule has 2 atom stereocenters. The molecule has 1 saturated heterocycles. The van der Waals surface area contributed by atoms with Crippen LogP contribution in [0.3, 0.4) is 0 Å². The molecule has 0 N–H and O–H groups in total. The minimum absolute atomic E-state index is 0.0478. The topological polar surface area (TPSA) is 63.5 Å². The molecule has 0 bridgehead atoms. The first-order valence-electron chi connectivity index (χ1n) is 6.65. The van der Waals surface area contributed by atoms with Crippen LogP contribution in [0.1, 0.15) is 37.0 Å². The maximum Gasteiger partial charge on any atom is 0.288 e. The summed E-state index contributed by atoms with van der Waals surface area (Å²) < 4.78 is 0. The van der Waals surface area contributed by atoms with Crippen LogP contribution < -0.4 is 0 Å². The van der Waals surface area contributed by atoms with Gasteiger partial charge in [0.1, 0.15) is 5.02 Å².